The first-order chi connectivity index (χ1) is 11.7. The molecule has 1 heterocycles. The normalized spacial score (nSPS) is 20.9. The maximum absolute atomic E-state index is 12.9. The third kappa shape index (κ3) is 3.13. The van der Waals surface area contributed by atoms with Crippen molar-refractivity contribution in [3.63, 3.8) is 0 Å². The van der Waals surface area contributed by atoms with Crippen molar-refractivity contribution in [2.45, 2.75) is 41.5 Å². The van der Waals surface area contributed by atoms with E-state index in [0.29, 0.717) is 5.92 Å². The minimum Gasteiger partial charge on any atom is -0.323 e. The highest BCUT2D eigenvalue weighted by molar-refractivity contribution is 5.96. The van der Waals surface area contributed by atoms with Crippen LogP contribution >= 0.6 is 0 Å². The van der Waals surface area contributed by atoms with Crippen molar-refractivity contribution in [2.75, 3.05) is 5.32 Å². The maximum atomic E-state index is 12.9. The van der Waals surface area contributed by atoms with Crippen LogP contribution in [-0.4, -0.2) is 15.7 Å². The molecule has 3 rings (SSSR count). The predicted octanol–water partition coefficient (Wildman–Crippen LogP) is 4.67. The Morgan fingerprint density at radius 1 is 1.20 bits per heavy atom. The van der Waals surface area contributed by atoms with Crippen molar-refractivity contribution in [3.05, 3.63) is 53.4 Å². The minimum atomic E-state index is 0.0125. The highest BCUT2D eigenvalue weighted by atomic mass is 16.2. The Labute approximate surface area is 149 Å². The molecule has 0 radical (unpaired) electrons. The Balaban J connectivity index is 1.84. The summed E-state index contributed by atoms with van der Waals surface area (Å²) < 4.78 is 1.89. The van der Waals surface area contributed by atoms with Crippen LogP contribution in [0.1, 0.15) is 39.1 Å². The largest absolute Gasteiger partial charge is 0.323 e. The van der Waals surface area contributed by atoms with Crippen LogP contribution in [0.2, 0.25) is 0 Å². The molecule has 4 heteroatoms. The smallest absolute Gasteiger partial charge is 0.228 e. The van der Waals surface area contributed by atoms with Gasteiger partial charge in [-0.15, -0.1) is 0 Å². The average Bonchev–Trinajstić information content (AvgIpc) is 2.96. The number of nitrogens with one attached hydrogen (secondary N) is 1. The van der Waals surface area contributed by atoms with Crippen LogP contribution in [0.4, 0.5) is 5.69 Å². The van der Waals surface area contributed by atoms with E-state index in [4.69, 9.17) is 0 Å². The van der Waals surface area contributed by atoms with Crippen LogP contribution in [0.25, 0.3) is 5.69 Å². The zero-order valence-electron chi connectivity index (χ0n) is 15.9. The zero-order chi connectivity index (χ0) is 18.4. The molecule has 1 aromatic carbocycles. The Morgan fingerprint density at radius 3 is 2.44 bits per heavy atom. The summed E-state index contributed by atoms with van der Waals surface area (Å²) in [6, 6.07) is 9.98. The van der Waals surface area contributed by atoms with Crippen molar-refractivity contribution in [1.82, 2.24) is 9.78 Å². The highest BCUT2D eigenvalue weighted by Crippen LogP contribution is 2.59. The van der Waals surface area contributed by atoms with Crippen LogP contribution in [0.15, 0.2) is 42.0 Å². The first-order valence-corrected chi connectivity index (χ1v) is 8.81. The topological polar surface area (TPSA) is 46.9 Å². The lowest BCUT2D eigenvalue weighted by atomic mass is 10.1. The van der Waals surface area contributed by atoms with Crippen molar-refractivity contribution in [2.24, 2.45) is 17.3 Å². The molecule has 4 nitrogen and oxygen atoms in total. The Hall–Kier alpha value is -2.36. The Bertz CT molecular complexity index is 826. The Morgan fingerprint density at radius 2 is 1.84 bits per heavy atom. The van der Waals surface area contributed by atoms with E-state index in [0.717, 1.165) is 22.8 Å². The van der Waals surface area contributed by atoms with E-state index in [1.807, 2.05) is 48.9 Å². The van der Waals surface area contributed by atoms with Crippen molar-refractivity contribution < 1.29 is 4.79 Å². The number of aromatic nitrogens is 2. The molecule has 25 heavy (non-hydrogen) atoms. The lowest BCUT2D eigenvalue weighted by molar-refractivity contribution is -0.118. The van der Waals surface area contributed by atoms with E-state index < -0.39 is 0 Å². The van der Waals surface area contributed by atoms with Gasteiger partial charge in [-0.1, -0.05) is 43.7 Å². The number of nitrogens with zero attached hydrogens (tertiary/aromatic N) is 2. The summed E-state index contributed by atoms with van der Waals surface area (Å²) in [4.78, 5) is 12.9. The fourth-order valence-electron chi connectivity index (χ4n) is 3.69. The number of hydrogen-bond acceptors (Lipinski definition) is 2. The second-order valence-electron chi connectivity index (χ2n) is 7.85. The molecule has 2 aromatic rings. The molecular formula is C21H27N3O. The number of para-hydroxylation sites is 1. The molecule has 0 aliphatic heterocycles. The van der Waals surface area contributed by atoms with Crippen LogP contribution in [0, 0.1) is 31.1 Å². The molecule has 0 bridgehead atoms. The standard InChI is InChI=1S/C21H27N3O/c1-13(2)12-17-18(21(17,5)6)20(25)22-19-14(3)23-24(15(19)4)16-10-8-7-9-11-16/h7-12,17-18H,1-6H3,(H,22,25). The summed E-state index contributed by atoms with van der Waals surface area (Å²) in [5.41, 5.74) is 4.89. The molecule has 1 saturated carbocycles. The third-order valence-corrected chi connectivity index (χ3v) is 5.25. The number of allylic oxidation sites excluding steroid dienone is 2. The number of benzene rings is 1. The number of anilines is 1. The highest BCUT2D eigenvalue weighted by Gasteiger charge is 2.60. The number of carbonyl (C=O) groups is 1. The van der Waals surface area contributed by atoms with Crippen LogP contribution in [-0.2, 0) is 4.79 Å². The zero-order valence-corrected chi connectivity index (χ0v) is 15.9. The molecule has 0 spiro atoms. The molecule has 1 aromatic heterocycles. The molecule has 0 saturated heterocycles. The summed E-state index contributed by atoms with van der Waals surface area (Å²) >= 11 is 0. The van der Waals surface area contributed by atoms with Crippen LogP contribution in [0.3, 0.4) is 0 Å². The van der Waals surface area contributed by atoms with E-state index in [2.05, 4.69) is 44.2 Å². The first kappa shape index (κ1) is 17.5. The van der Waals surface area contributed by atoms with E-state index in [-0.39, 0.29) is 17.2 Å². The van der Waals surface area contributed by atoms with Gasteiger partial charge in [-0.25, -0.2) is 4.68 Å². The van der Waals surface area contributed by atoms with Gasteiger partial charge >= 0.3 is 0 Å². The second kappa shape index (κ2) is 6.17. The lowest BCUT2D eigenvalue weighted by Crippen LogP contribution is -2.17. The monoisotopic (exact) mass is 337 g/mol. The molecular weight excluding hydrogens is 310 g/mol. The van der Waals surface area contributed by atoms with Crippen molar-refractivity contribution >= 4 is 11.6 Å². The summed E-state index contributed by atoms with van der Waals surface area (Å²) in [6.45, 7) is 12.4. The van der Waals surface area contributed by atoms with Crippen molar-refractivity contribution in [1.29, 1.82) is 0 Å². The number of carbonyl (C=O) groups excluding carboxylic acids is 1. The Kier molecular flexibility index (Phi) is 4.31. The van der Waals surface area contributed by atoms with E-state index in [1.54, 1.807) is 0 Å². The number of hydrogen-bond donors (Lipinski definition) is 1. The maximum Gasteiger partial charge on any atom is 0.228 e. The van der Waals surface area contributed by atoms with E-state index in [1.165, 1.54) is 5.57 Å². The summed E-state index contributed by atoms with van der Waals surface area (Å²) in [5, 5.41) is 7.74. The molecule has 2 unspecified atom stereocenters. The predicted molar refractivity (Wildman–Crippen MR) is 102 cm³/mol. The van der Waals surface area contributed by atoms with Gasteiger partial charge in [0.2, 0.25) is 5.91 Å². The third-order valence-electron chi connectivity index (χ3n) is 5.25. The van der Waals surface area contributed by atoms with Crippen LogP contribution in [0.5, 0.6) is 0 Å². The van der Waals surface area contributed by atoms with Gasteiger partial charge in [0.05, 0.1) is 28.7 Å². The summed E-state index contributed by atoms with van der Waals surface area (Å²) in [7, 11) is 0. The van der Waals surface area contributed by atoms with Crippen molar-refractivity contribution in [3.8, 4) is 5.69 Å². The summed E-state index contributed by atoms with van der Waals surface area (Å²) in [6.07, 6.45) is 2.22. The van der Waals surface area contributed by atoms with Gasteiger partial charge in [0.25, 0.3) is 0 Å². The number of amides is 1. The van der Waals surface area contributed by atoms with Gasteiger partial charge in [0, 0.05) is 0 Å². The molecule has 1 aliphatic carbocycles. The molecule has 1 amide bonds. The molecule has 1 N–H and O–H groups in total. The quantitative estimate of drug-likeness (QED) is 0.824. The van der Waals surface area contributed by atoms with Gasteiger partial charge in [-0.05, 0) is 51.2 Å². The van der Waals surface area contributed by atoms with Crippen LogP contribution < -0.4 is 5.32 Å². The first-order valence-electron chi connectivity index (χ1n) is 8.81. The van der Waals surface area contributed by atoms with Gasteiger partial charge in [-0.3, -0.25) is 4.79 Å². The van der Waals surface area contributed by atoms with E-state index in [9.17, 15) is 4.79 Å². The molecule has 1 fully saturated rings. The average molecular weight is 337 g/mol. The number of rotatable bonds is 4. The fraction of sp³-hybridized carbons (Fsp3) is 0.429. The van der Waals surface area contributed by atoms with Gasteiger partial charge in [0.1, 0.15) is 0 Å². The van der Waals surface area contributed by atoms with Gasteiger partial charge < -0.3 is 5.32 Å². The fourth-order valence-corrected chi connectivity index (χ4v) is 3.69. The van der Waals surface area contributed by atoms with Gasteiger partial charge in [0.15, 0.2) is 0 Å². The molecule has 2 atom stereocenters. The molecule has 132 valence electrons. The summed E-state index contributed by atoms with van der Waals surface area (Å²) in [5.74, 6) is 0.412. The lowest BCUT2D eigenvalue weighted by Gasteiger charge is -2.08. The molecule has 1 aliphatic rings. The SMILES string of the molecule is CC(C)=CC1C(C(=O)Nc2c(C)nn(-c3ccccc3)c2C)C1(C)C. The number of aryl methyl sites for hydroxylation is 1. The van der Waals surface area contributed by atoms with Gasteiger partial charge in [-0.2, -0.15) is 5.10 Å². The minimum absolute atomic E-state index is 0.0125. The van der Waals surface area contributed by atoms with E-state index >= 15 is 0 Å². The second-order valence-corrected chi connectivity index (χ2v) is 7.85.